The van der Waals surface area contributed by atoms with Gasteiger partial charge in [-0.25, -0.2) is 4.79 Å². The number of aliphatic carboxylic acids is 1. The van der Waals surface area contributed by atoms with Crippen molar-refractivity contribution in [3.63, 3.8) is 0 Å². The third-order valence-electron chi connectivity index (χ3n) is 3.29. The Morgan fingerprint density at radius 1 is 1.25 bits per heavy atom. The smallest absolute Gasteiger partial charge is 0.319 e. The van der Waals surface area contributed by atoms with Gasteiger partial charge in [0, 0.05) is 15.0 Å². The minimum Gasteiger partial charge on any atom is -0.481 e. The molecule has 0 heterocycles. The minimum absolute atomic E-state index is 0.0815. The molecule has 2 amide bonds. The summed E-state index contributed by atoms with van der Waals surface area (Å²) in [6.45, 7) is 0. The standard InChI is InChI=1S/C13H14Br2N2O3/c14-8-2-4-10(15)11(6-8)17-13(20)16-9-3-1-7(5-9)12(18)19/h2,4,6-7,9H,1,3,5H2,(H,18,19)(H2,16,17,20)/t7-,9+/m1/s1. The molecular formula is C13H14Br2N2O3. The summed E-state index contributed by atoms with van der Waals surface area (Å²) >= 11 is 6.70. The van der Waals surface area contributed by atoms with Crippen LogP contribution < -0.4 is 10.6 Å². The number of rotatable bonds is 3. The average molecular weight is 406 g/mol. The van der Waals surface area contributed by atoms with E-state index in [9.17, 15) is 9.59 Å². The van der Waals surface area contributed by atoms with E-state index in [0.29, 0.717) is 24.9 Å². The van der Waals surface area contributed by atoms with Gasteiger partial charge in [0.05, 0.1) is 11.6 Å². The van der Waals surface area contributed by atoms with Gasteiger partial charge in [0.15, 0.2) is 0 Å². The van der Waals surface area contributed by atoms with Crippen molar-refractivity contribution in [3.05, 3.63) is 27.1 Å². The van der Waals surface area contributed by atoms with Crippen LogP contribution in [0.1, 0.15) is 19.3 Å². The molecule has 1 aliphatic rings. The third-order valence-corrected chi connectivity index (χ3v) is 4.48. The molecule has 0 saturated heterocycles. The van der Waals surface area contributed by atoms with E-state index < -0.39 is 5.97 Å². The van der Waals surface area contributed by atoms with E-state index in [1.807, 2.05) is 12.1 Å². The molecule has 5 nitrogen and oxygen atoms in total. The molecule has 1 aromatic carbocycles. The van der Waals surface area contributed by atoms with Gasteiger partial charge in [0.1, 0.15) is 0 Å². The normalized spacial score (nSPS) is 21.5. The summed E-state index contributed by atoms with van der Waals surface area (Å²) in [7, 11) is 0. The highest BCUT2D eigenvalue weighted by atomic mass is 79.9. The molecule has 0 radical (unpaired) electrons. The van der Waals surface area contributed by atoms with Crippen LogP contribution in [0.2, 0.25) is 0 Å². The van der Waals surface area contributed by atoms with Crippen LogP contribution in [0.4, 0.5) is 10.5 Å². The van der Waals surface area contributed by atoms with Gasteiger partial charge in [-0.3, -0.25) is 4.79 Å². The van der Waals surface area contributed by atoms with E-state index >= 15 is 0 Å². The average Bonchev–Trinajstić information content (AvgIpc) is 2.82. The summed E-state index contributed by atoms with van der Waals surface area (Å²) in [5.74, 6) is -1.14. The number of carbonyl (C=O) groups is 2. The molecule has 2 rings (SSSR count). The van der Waals surface area contributed by atoms with E-state index in [-0.39, 0.29) is 18.0 Å². The Bertz CT molecular complexity index is 536. The van der Waals surface area contributed by atoms with Gasteiger partial charge in [0.2, 0.25) is 0 Å². The lowest BCUT2D eigenvalue weighted by Crippen LogP contribution is -2.36. The minimum atomic E-state index is -0.788. The molecule has 7 heteroatoms. The molecule has 3 N–H and O–H groups in total. The molecule has 2 atom stereocenters. The van der Waals surface area contributed by atoms with E-state index in [1.54, 1.807) is 6.07 Å². The monoisotopic (exact) mass is 404 g/mol. The second-order valence-corrected chi connectivity index (χ2v) is 6.54. The van der Waals surface area contributed by atoms with Crippen molar-refractivity contribution >= 4 is 49.5 Å². The third kappa shape index (κ3) is 3.96. The van der Waals surface area contributed by atoms with Gasteiger partial charge < -0.3 is 15.7 Å². The van der Waals surface area contributed by atoms with Crippen LogP contribution in [-0.4, -0.2) is 23.1 Å². The zero-order valence-electron chi connectivity index (χ0n) is 10.5. The first kappa shape index (κ1) is 15.3. The van der Waals surface area contributed by atoms with Crippen LogP contribution in [0.3, 0.4) is 0 Å². The Morgan fingerprint density at radius 2 is 2.00 bits per heavy atom. The van der Waals surface area contributed by atoms with Gasteiger partial charge in [0.25, 0.3) is 0 Å². The maximum absolute atomic E-state index is 11.9. The van der Waals surface area contributed by atoms with E-state index in [4.69, 9.17) is 5.11 Å². The van der Waals surface area contributed by atoms with Gasteiger partial charge in [-0.05, 0) is 53.4 Å². The molecule has 1 aromatic rings. The highest BCUT2D eigenvalue weighted by Crippen LogP contribution is 2.27. The number of hydrogen-bond donors (Lipinski definition) is 3. The fourth-order valence-corrected chi connectivity index (χ4v) is 2.98. The fraction of sp³-hybridized carbons (Fsp3) is 0.385. The number of carboxylic acid groups (broad SMARTS) is 1. The second kappa shape index (κ2) is 6.58. The lowest BCUT2D eigenvalue weighted by atomic mass is 10.1. The molecule has 0 spiro atoms. The number of benzene rings is 1. The Balaban J connectivity index is 1.90. The Labute approximate surface area is 133 Å². The molecule has 108 valence electrons. The van der Waals surface area contributed by atoms with Crippen LogP contribution >= 0.6 is 31.9 Å². The summed E-state index contributed by atoms with van der Waals surface area (Å²) in [5, 5.41) is 14.5. The molecule has 1 saturated carbocycles. The summed E-state index contributed by atoms with van der Waals surface area (Å²) in [5.41, 5.74) is 0.657. The summed E-state index contributed by atoms with van der Waals surface area (Å²) < 4.78 is 1.65. The van der Waals surface area contributed by atoms with Gasteiger partial charge in [-0.2, -0.15) is 0 Å². The van der Waals surface area contributed by atoms with Crippen LogP contribution in [0.5, 0.6) is 0 Å². The number of carbonyl (C=O) groups excluding carboxylic acids is 1. The van der Waals surface area contributed by atoms with Crippen LogP contribution in [0.15, 0.2) is 27.1 Å². The van der Waals surface area contributed by atoms with Crippen molar-refractivity contribution in [3.8, 4) is 0 Å². The largest absolute Gasteiger partial charge is 0.481 e. The first-order valence-corrected chi connectivity index (χ1v) is 7.79. The number of urea groups is 1. The Morgan fingerprint density at radius 3 is 2.65 bits per heavy atom. The molecule has 1 aliphatic carbocycles. The summed E-state index contributed by atoms with van der Waals surface area (Å²) in [4.78, 5) is 22.8. The molecule has 1 fully saturated rings. The molecule has 0 aliphatic heterocycles. The summed E-state index contributed by atoms with van der Waals surface area (Å²) in [6.07, 6.45) is 1.80. The number of hydrogen-bond acceptors (Lipinski definition) is 2. The maximum atomic E-state index is 11.9. The lowest BCUT2D eigenvalue weighted by molar-refractivity contribution is -0.141. The predicted molar refractivity (Wildman–Crippen MR) is 82.8 cm³/mol. The van der Waals surface area contributed by atoms with Gasteiger partial charge in [-0.15, -0.1) is 0 Å². The SMILES string of the molecule is O=C(Nc1cc(Br)ccc1Br)N[C@H]1CC[C@@H](C(=O)O)C1. The van der Waals surface area contributed by atoms with Crippen LogP contribution in [-0.2, 0) is 4.79 Å². The highest BCUT2D eigenvalue weighted by molar-refractivity contribution is 9.11. The number of halogens is 2. The molecule has 0 unspecified atom stereocenters. The van der Waals surface area contributed by atoms with Crippen molar-refractivity contribution < 1.29 is 14.7 Å². The van der Waals surface area contributed by atoms with Crippen molar-refractivity contribution in [1.82, 2.24) is 5.32 Å². The number of anilines is 1. The van der Waals surface area contributed by atoms with E-state index in [1.165, 1.54) is 0 Å². The number of amides is 2. The Hall–Kier alpha value is -1.08. The maximum Gasteiger partial charge on any atom is 0.319 e. The second-order valence-electron chi connectivity index (χ2n) is 4.77. The zero-order chi connectivity index (χ0) is 14.7. The molecule has 20 heavy (non-hydrogen) atoms. The molecule has 0 aromatic heterocycles. The fourth-order valence-electron chi connectivity index (χ4n) is 2.27. The zero-order valence-corrected chi connectivity index (χ0v) is 13.7. The number of nitrogens with one attached hydrogen (secondary N) is 2. The lowest BCUT2D eigenvalue weighted by Gasteiger charge is -2.14. The van der Waals surface area contributed by atoms with E-state index in [2.05, 4.69) is 42.5 Å². The van der Waals surface area contributed by atoms with Gasteiger partial charge >= 0.3 is 12.0 Å². The van der Waals surface area contributed by atoms with Crippen molar-refractivity contribution in [2.45, 2.75) is 25.3 Å². The molecular weight excluding hydrogens is 392 g/mol. The predicted octanol–water partition coefficient (Wildman–Crippen LogP) is 3.59. The molecule has 0 bridgehead atoms. The quantitative estimate of drug-likeness (QED) is 0.718. The summed E-state index contributed by atoms with van der Waals surface area (Å²) in [6, 6.07) is 5.08. The van der Waals surface area contributed by atoms with Gasteiger partial charge in [-0.1, -0.05) is 15.9 Å². The number of carboxylic acids is 1. The Kier molecular flexibility index (Phi) is 5.04. The van der Waals surface area contributed by atoms with Crippen molar-refractivity contribution in [2.75, 3.05) is 5.32 Å². The van der Waals surface area contributed by atoms with Crippen molar-refractivity contribution in [2.24, 2.45) is 5.92 Å². The first-order chi connectivity index (χ1) is 9.45. The van der Waals surface area contributed by atoms with E-state index in [0.717, 1.165) is 8.95 Å². The van der Waals surface area contributed by atoms with Crippen LogP contribution in [0, 0.1) is 5.92 Å². The van der Waals surface area contributed by atoms with Crippen LogP contribution in [0.25, 0.3) is 0 Å². The highest BCUT2D eigenvalue weighted by Gasteiger charge is 2.30. The first-order valence-electron chi connectivity index (χ1n) is 6.21. The topological polar surface area (TPSA) is 78.4 Å². The van der Waals surface area contributed by atoms with Crippen molar-refractivity contribution in [1.29, 1.82) is 0 Å².